The first-order valence-electron chi connectivity index (χ1n) is 6.06. The molecule has 1 spiro atoms. The molecule has 3 heterocycles. The topological polar surface area (TPSA) is 54.3 Å². The number of hydrogen-bond donors (Lipinski definition) is 0. The summed E-state index contributed by atoms with van der Waals surface area (Å²) in [6, 6.07) is -0.0293. The van der Waals surface area contributed by atoms with Gasteiger partial charge >= 0.3 is 6.03 Å². The molecule has 2 fully saturated rings. The van der Waals surface area contributed by atoms with Crippen molar-refractivity contribution in [1.82, 2.24) is 24.6 Å². The van der Waals surface area contributed by atoms with Crippen molar-refractivity contribution in [2.75, 3.05) is 26.7 Å². The first kappa shape index (κ1) is 10.7. The number of carbonyl (C=O) groups is 1. The molecular formula is C11H17N5O. The van der Waals surface area contributed by atoms with Crippen LogP contribution in [0.3, 0.4) is 0 Å². The molecule has 17 heavy (non-hydrogen) atoms. The van der Waals surface area contributed by atoms with Crippen molar-refractivity contribution in [2.45, 2.75) is 24.8 Å². The van der Waals surface area contributed by atoms with Crippen molar-refractivity contribution >= 4 is 6.03 Å². The lowest BCUT2D eigenvalue weighted by Gasteiger charge is -2.55. The fraction of sp³-hybridized carbons (Fsp3) is 0.727. The molecule has 2 aliphatic rings. The molecule has 2 saturated heterocycles. The van der Waals surface area contributed by atoms with E-state index in [0.717, 1.165) is 38.9 Å². The van der Waals surface area contributed by atoms with Crippen LogP contribution in [0.4, 0.5) is 4.79 Å². The molecule has 0 aliphatic carbocycles. The molecule has 0 bridgehead atoms. The van der Waals surface area contributed by atoms with E-state index in [0.29, 0.717) is 0 Å². The first-order valence-corrected chi connectivity index (χ1v) is 6.06. The summed E-state index contributed by atoms with van der Waals surface area (Å²) in [6.45, 7) is 2.99. The second-order valence-electron chi connectivity index (χ2n) is 5.05. The van der Waals surface area contributed by atoms with Crippen molar-refractivity contribution in [1.29, 1.82) is 0 Å². The number of carbonyl (C=O) groups excluding carboxylic acids is 1. The van der Waals surface area contributed by atoms with Crippen LogP contribution in [-0.2, 0) is 0 Å². The van der Waals surface area contributed by atoms with E-state index >= 15 is 0 Å². The largest absolute Gasteiger partial charge is 0.346 e. The van der Waals surface area contributed by atoms with E-state index < -0.39 is 0 Å². The number of aromatic nitrogens is 3. The standard InChI is InChI=1S/C11H17N5O/c1-14-5-2-11(3-6-14)4-7-15(11)10(17)16-9-12-8-13-16/h8-9H,2-7H2,1H3. The number of hydrogen-bond acceptors (Lipinski definition) is 4. The van der Waals surface area contributed by atoms with E-state index in [1.54, 1.807) is 0 Å². The minimum absolute atomic E-state index is 0.0293. The SMILES string of the molecule is CN1CCC2(CC1)CCN2C(=O)n1cncn1. The van der Waals surface area contributed by atoms with Crippen LogP contribution in [0.1, 0.15) is 19.3 Å². The van der Waals surface area contributed by atoms with Gasteiger partial charge in [-0.3, -0.25) is 0 Å². The average molecular weight is 235 g/mol. The molecule has 0 atom stereocenters. The monoisotopic (exact) mass is 235 g/mol. The summed E-state index contributed by atoms with van der Waals surface area (Å²) >= 11 is 0. The molecule has 3 rings (SSSR count). The zero-order valence-corrected chi connectivity index (χ0v) is 10.0. The molecule has 6 nitrogen and oxygen atoms in total. The first-order chi connectivity index (χ1) is 8.21. The predicted octanol–water partition coefficient (Wildman–Crippen LogP) is 0.416. The number of likely N-dealkylation sites (tertiary alicyclic amines) is 2. The number of nitrogens with zero attached hydrogens (tertiary/aromatic N) is 5. The van der Waals surface area contributed by atoms with Crippen LogP contribution in [0.25, 0.3) is 0 Å². The van der Waals surface area contributed by atoms with Crippen LogP contribution >= 0.6 is 0 Å². The van der Waals surface area contributed by atoms with Gasteiger partial charge in [-0.2, -0.15) is 9.78 Å². The van der Waals surface area contributed by atoms with Gasteiger partial charge in [-0.25, -0.2) is 9.78 Å². The summed E-state index contributed by atoms with van der Waals surface area (Å²) in [6.07, 6.45) is 6.15. The lowest BCUT2D eigenvalue weighted by molar-refractivity contribution is -0.0215. The van der Waals surface area contributed by atoms with Gasteiger partial charge in [-0.05, 0) is 26.3 Å². The van der Waals surface area contributed by atoms with Gasteiger partial charge in [0.2, 0.25) is 0 Å². The third-order valence-electron chi connectivity index (χ3n) is 4.14. The fourth-order valence-electron chi connectivity index (χ4n) is 2.82. The van der Waals surface area contributed by atoms with Gasteiger partial charge in [0, 0.05) is 25.2 Å². The average Bonchev–Trinajstić information content (AvgIpc) is 2.82. The maximum atomic E-state index is 12.2. The molecule has 0 radical (unpaired) electrons. The molecule has 0 unspecified atom stereocenters. The fourth-order valence-corrected chi connectivity index (χ4v) is 2.82. The molecule has 1 aromatic rings. The van der Waals surface area contributed by atoms with Crippen molar-refractivity contribution in [3.05, 3.63) is 12.7 Å². The van der Waals surface area contributed by atoms with Crippen LogP contribution in [0.2, 0.25) is 0 Å². The molecule has 2 aliphatic heterocycles. The van der Waals surface area contributed by atoms with Gasteiger partial charge in [0.25, 0.3) is 0 Å². The quantitative estimate of drug-likeness (QED) is 0.654. The van der Waals surface area contributed by atoms with Crippen LogP contribution in [0.5, 0.6) is 0 Å². The highest BCUT2D eigenvalue weighted by atomic mass is 16.2. The van der Waals surface area contributed by atoms with Gasteiger partial charge in [0.1, 0.15) is 12.7 Å². The Kier molecular flexibility index (Phi) is 2.39. The Morgan fingerprint density at radius 3 is 2.47 bits per heavy atom. The molecule has 0 saturated carbocycles. The lowest BCUT2D eigenvalue weighted by Crippen LogP contribution is -2.66. The van der Waals surface area contributed by atoms with Crippen LogP contribution in [-0.4, -0.2) is 62.8 Å². The molecule has 1 amide bonds. The molecule has 0 N–H and O–H groups in total. The van der Waals surface area contributed by atoms with Gasteiger partial charge in [0.05, 0.1) is 0 Å². The van der Waals surface area contributed by atoms with E-state index in [1.807, 2.05) is 4.90 Å². The van der Waals surface area contributed by atoms with Gasteiger partial charge in [0.15, 0.2) is 0 Å². The van der Waals surface area contributed by atoms with Crippen molar-refractivity contribution in [2.24, 2.45) is 0 Å². The third kappa shape index (κ3) is 1.63. The summed E-state index contributed by atoms with van der Waals surface area (Å²) in [4.78, 5) is 20.3. The zero-order chi connectivity index (χ0) is 11.9. The van der Waals surface area contributed by atoms with Gasteiger partial charge in [-0.15, -0.1) is 0 Å². The highest BCUT2D eigenvalue weighted by molar-refractivity contribution is 5.77. The number of amides is 1. The summed E-state index contributed by atoms with van der Waals surface area (Å²) < 4.78 is 1.33. The summed E-state index contributed by atoms with van der Waals surface area (Å²) in [5.41, 5.74) is 0.0928. The molecule has 0 aromatic carbocycles. The van der Waals surface area contributed by atoms with Crippen molar-refractivity contribution < 1.29 is 4.79 Å². The van der Waals surface area contributed by atoms with Gasteiger partial charge in [-0.1, -0.05) is 0 Å². The van der Waals surface area contributed by atoms with Crippen LogP contribution < -0.4 is 0 Å². The minimum Gasteiger partial charge on any atom is -0.317 e. The highest BCUT2D eigenvalue weighted by Gasteiger charge is 2.48. The summed E-state index contributed by atoms with van der Waals surface area (Å²) in [5, 5.41) is 3.92. The van der Waals surface area contributed by atoms with E-state index in [4.69, 9.17) is 0 Å². The van der Waals surface area contributed by atoms with Crippen LogP contribution in [0.15, 0.2) is 12.7 Å². The number of rotatable bonds is 0. The Morgan fingerprint density at radius 1 is 1.24 bits per heavy atom. The molecule has 1 aromatic heterocycles. The predicted molar refractivity (Wildman–Crippen MR) is 61.6 cm³/mol. The highest BCUT2D eigenvalue weighted by Crippen LogP contribution is 2.39. The van der Waals surface area contributed by atoms with E-state index in [2.05, 4.69) is 22.0 Å². The summed E-state index contributed by atoms with van der Waals surface area (Å²) in [7, 11) is 2.13. The minimum atomic E-state index is -0.0293. The Bertz CT molecular complexity index is 408. The maximum absolute atomic E-state index is 12.2. The zero-order valence-electron chi connectivity index (χ0n) is 10.0. The maximum Gasteiger partial charge on any atom is 0.346 e. The molecular weight excluding hydrogens is 218 g/mol. The Hall–Kier alpha value is -1.43. The van der Waals surface area contributed by atoms with E-state index in [-0.39, 0.29) is 11.6 Å². The lowest BCUT2D eigenvalue weighted by atomic mass is 9.77. The van der Waals surface area contributed by atoms with Gasteiger partial charge < -0.3 is 9.80 Å². The smallest absolute Gasteiger partial charge is 0.317 e. The molecule has 6 heteroatoms. The normalized spacial score (nSPS) is 23.7. The Labute approximate surface area is 100 Å². The van der Waals surface area contributed by atoms with Crippen molar-refractivity contribution in [3.8, 4) is 0 Å². The second-order valence-corrected chi connectivity index (χ2v) is 5.05. The van der Waals surface area contributed by atoms with E-state index in [1.165, 1.54) is 17.3 Å². The van der Waals surface area contributed by atoms with Crippen molar-refractivity contribution in [3.63, 3.8) is 0 Å². The second kappa shape index (κ2) is 3.80. The number of piperidine rings is 1. The Morgan fingerprint density at radius 2 is 1.94 bits per heavy atom. The summed E-state index contributed by atoms with van der Waals surface area (Å²) in [5.74, 6) is 0. The van der Waals surface area contributed by atoms with Crippen LogP contribution in [0, 0.1) is 0 Å². The molecule has 92 valence electrons. The van der Waals surface area contributed by atoms with E-state index in [9.17, 15) is 4.79 Å². The Balaban J connectivity index is 1.75. The third-order valence-corrected chi connectivity index (χ3v) is 4.14.